The molecule has 0 saturated carbocycles. The highest BCUT2D eigenvalue weighted by molar-refractivity contribution is 6.12. The van der Waals surface area contributed by atoms with Crippen molar-refractivity contribution in [2.75, 3.05) is 12.4 Å². The normalized spacial score (nSPS) is 11.8. The van der Waals surface area contributed by atoms with E-state index in [1.807, 2.05) is 24.3 Å². The number of methoxy groups -OCH3 is 1. The number of aromatic nitrogens is 1. The molecule has 2 rings (SSSR count). The van der Waals surface area contributed by atoms with E-state index in [9.17, 15) is 4.79 Å². The summed E-state index contributed by atoms with van der Waals surface area (Å²) in [6, 6.07) is 11.2. The number of carbonyl (C=O) groups excluding carboxylic acids is 1. The second kappa shape index (κ2) is 9.82. The highest BCUT2D eigenvalue weighted by Gasteiger charge is 2.17. The van der Waals surface area contributed by atoms with E-state index >= 15 is 0 Å². The molecule has 2 aromatic rings. The van der Waals surface area contributed by atoms with Crippen LogP contribution in [0.4, 0.5) is 5.82 Å². The molecule has 1 atom stereocenters. The van der Waals surface area contributed by atoms with Gasteiger partial charge in [-0.3, -0.25) is 4.79 Å². The van der Waals surface area contributed by atoms with E-state index in [1.165, 1.54) is 12.8 Å². The maximum Gasteiger partial charge on any atom is 0.196 e. The van der Waals surface area contributed by atoms with Crippen molar-refractivity contribution in [1.29, 1.82) is 0 Å². The van der Waals surface area contributed by atoms with Gasteiger partial charge in [-0.2, -0.15) is 0 Å². The summed E-state index contributed by atoms with van der Waals surface area (Å²) in [6.07, 6.45) is 7.33. The molecule has 0 amide bonds. The topological polar surface area (TPSA) is 51.2 Å². The van der Waals surface area contributed by atoms with Crippen molar-refractivity contribution in [3.05, 3.63) is 53.7 Å². The number of nitrogens with one attached hydrogen (secondary N) is 1. The maximum atomic E-state index is 13.0. The maximum absolute atomic E-state index is 13.0. The van der Waals surface area contributed by atoms with Crippen molar-refractivity contribution >= 4 is 11.6 Å². The van der Waals surface area contributed by atoms with Crippen molar-refractivity contribution in [1.82, 2.24) is 4.98 Å². The molecule has 0 fully saturated rings. The Morgan fingerprint density at radius 1 is 1.16 bits per heavy atom. The predicted molar refractivity (Wildman–Crippen MR) is 103 cm³/mol. The van der Waals surface area contributed by atoms with Crippen LogP contribution in [0.25, 0.3) is 0 Å². The van der Waals surface area contributed by atoms with Crippen LogP contribution in [0.15, 0.2) is 42.6 Å². The van der Waals surface area contributed by atoms with Gasteiger partial charge in [0, 0.05) is 17.8 Å². The van der Waals surface area contributed by atoms with Crippen molar-refractivity contribution in [2.24, 2.45) is 0 Å². The van der Waals surface area contributed by atoms with Gasteiger partial charge in [-0.15, -0.1) is 0 Å². The van der Waals surface area contributed by atoms with Crippen LogP contribution in [-0.2, 0) is 0 Å². The second-order valence-corrected chi connectivity index (χ2v) is 6.23. The number of unbranched alkanes of at least 4 members (excludes halogenated alkanes) is 1. The summed E-state index contributed by atoms with van der Waals surface area (Å²) < 4.78 is 5.23. The summed E-state index contributed by atoms with van der Waals surface area (Å²) in [5.74, 6) is 1.31. The van der Waals surface area contributed by atoms with Crippen LogP contribution in [0, 0.1) is 0 Å². The van der Waals surface area contributed by atoms with Crippen LogP contribution in [0.2, 0.25) is 0 Å². The first-order valence-electron chi connectivity index (χ1n) is 9.09. The minimum absolute atomic E-state index is 0.0414. The van der Waals surface area contributed by atoms with E-state index in [2.05, 4.69) is 24.1 Å². The molecular weight excluding hydrogens is 312 g/mol. The largest absolute Gasteiger partial charge is 0.497 e. The lowest BCUT2D eigenvalue weighted by atomic mass is 10.0. The van der Waals surface area contributed by atoms with Gasteiger partial charge in [-0.1, -0.05) is 45.2 Å². The highest BCUT2D eigenvalue weighted by atomic mass is 16.5. The van der Waals surface area contributed by atoms with Crippen LogP contribution in [-0.4, -0.2) is 23.9 Å². The molecule has 0 spiro atoms. The quantitative estimate of drug-likeness (QED) is 0.612. The Balaban J connectivity index is 2.25. The standard InChI is InChI=1S/C21H28N2O2/c1-4-6-11-17(9-5-2)23-21-19(13-8-14-22-21)20(24)16-10-7-12-18(15-16)25-3/h7-8,10,12-15,17H,4-6,9,11H2,1-3H3,(H,22,23). The van der Waals surface area contributed by atoms with E-state index in [0.29, 0.717) is 28.7 Å². The number of ether oxygens (including phenoxy) is 1. The molecule has 134 valence electrons. The van der Waals surface area contributed by atoms with Crippen molar-refractivity contribution < 1.29 is 9.53 Å². The third kappa shape index (κ3) is 5.31. The third-order valence-corrected chi connectivity index (χ3v) is 4.27. The van der Waals surface area contributed by atoms with Crippen LogP contribution in [0.3, 0.4) is 0 Å². The molecule has 25 heavy (non-hydrogen) atoms. The summed E-state index contributed by atoms with van der Waals surface area (Å²) in [5, 5.41) is 3.50. The number of anilines is 1. The molecule has 0 saturated heterocycles. The molecule has 0 radical (unpaired) electrons. The fourth-order valence-electron chi connectivity index (χ4n) is 2.90. The zero-order valence-electron chi connectivity index (χ0n) is 15.4. The fourth-order valence-corrected chi connectivity index (χ4v) is 2.90. The molecule has 0 aliphatic heterocycles. The number of carbonyl (C=O) groups is 1. The molecule has 1 heterocycles. The molecule has 1 unspecified atom stereocenters. The Bertz CT molecular complexity index is 685. The summed E-state index contributed by atoms with van der Waals surface area (Å²) in [4.78, 5) is 17.4. The van der Waals surface area contributed by atoms with E-state index in [1.54, 1.807) is 25.4 Å². The minimum atomic E-state index is -0.0414. The monoisotopic (exact) mass is 340 g/mol. The van der Waals surface area contributed by atoms with Gasteiger partial charge >= 0.3 is 0 Å². The van der Waals surface area contributed by atoms with Gasteiger partial charge in [-0.25, -0.2) is 4.98 Å². The summed E-state index contributed by atoms with van der Waals surface area (Å²) in [5.41, 5.74) is 1.21. The first-order valence-corrected chi connectivity index (χ1v) is 9.09. The Morgan fingerprint density at radius 3 is 2.72 bits per heavy atom. The first-order chi connectivity index (χ1) is 12.2. The molecular formula is C21H28N2O2. The summed E-state index contributed by atoms with van der Waals surface area (Å²) >= 11 is 0. The average Bonchev–Trinajstić information content (AvgIpc) is 2.66. The second-order valence-electron chi connectivity index (χ2n) is 6.23. The molecule has 1 aromatic carbocycles. The van der Waals surface area contributed by atoms with Gasteiger partial charge in [0.15, 0.2) is 5.78 Å². The van der Waals surface area contributed by atoms with Gasteiger partial charge in [0.2, 0.25) is 0 Å². The molecule has 4 heteroatoms. The lowest BCUT2D eigenvalue weighted by Crippen LogP contribution is -2.22. The van der Waals surface area contributed by atoms with Gasteiger partial charge in [0.1, 0.15) is 11.6 Å². The van der Waals surface area contributed by atoms with E-state index in [0.717, 1.165) is 19.3 Å². The minimum Gasteiger partial charge on any atom is -0.497 e. The Kier molecular flexibility index (Phi) is 7.45. The highest BCUT2D eigenvalue weighted by Crippen LogP contribution is 2.22. The average molecular weight is 340 g/mol. The van der Waals surface area contributed by atoms with Gasteiger partial charge < -0.3 is 10.1 Å². The van der Waals surface area contributed by atoms with Gasteiger partial charge in [-0.05, 0) is 37.1 Å². The van der Waals surface area contributed by atoms with Crippen molar-refractivity contribution in [2.45, 2.75) is 52.0 Å². The number of hydrogen-bond acceptors (Lipinski definition) is 4. The van der Waals surface area contributed by atoms with E-state index < -0.39 is 0 Å². The zero-order valence-corrected chi connectivity index (χ0v) is 15.4. The third-order valence-electron chi connectivity index (χ3n) is 4.27. The summed E-state index contributed by atoms with van der Waals surface area (Å²) in [6.45, 7) is 4.38. The Hall–Kier alpha value is -2.36. The molecule has 1 N–H and O–H groups in total. The SMILES string of the molecule is CCCCC(CCC)Nc1ncccc1C(=O)c1cccc(OC)c1. The number of ketones is 1. The molecule has 4 nitrogen and oxygen atoms in total. The fraction of sp³-hybridized carbons (Fsp3) is 0.429. The van der Waals surface area contributed by atoms with Gasteiger partial charge in [0.25, 0.3) is 0 Å². The smallest absolute Gasteiger partial charge is 0.196 e. The van der Waals surface area contributed by atoms with Crippen LogP contribution in [0.5, 0.6) is 5.75 Å². The molecule has 1 aromatic heterocycles. The lowest BCUT2D eigenvalue weighted by Gasteiger charge is -2.20. The van der Waals surface area contributed by atoms with Gasteiger partial charge in [0.05, 0.1) is 12.7 Å². The molecule has 0 aliphatic carbocycles. The Labute approximate surface area is 150 Å². The van der Waals surface area contributed by atoms with Crippen molar-refractivity contribution in [3.63, 3.8) is 0 Å². The number of hydrogen-bond donors (Lipinski definition) is 1. The van der Waals surface area contributed by atoms with Crippen LogP contribution >= 0.6 is 0 Å². The van der Waals surface area contributed by atoms with E-state index in [4.69, 9.17) is 4.74 Å². The molecule has 0 bridgehead atoms. The number of pyridine rings is 1. The first kappa shape index (κ1) is 19.0. The van der Waals surface area contributed by atoms with E-state index in [-0.39, 0.29) is 5.78 Å². The Morgan fingerprint density at radius 2 is 2.00 bits per heavy atom. The number of benzene rings is 1. The molecule has 0 aliphatic rings. The number of nitrogens with zero attached hydrogens (tertiary/aromatic N) is 1. The van der Waals surface area contributed by atoms with Crippen molar-refractivity contribution in [3.8, 4) is 5.75 Å². The predicted octanol–water partition coefficient (Wildman–Crippen LogP) is 5.09. The lowest BCUT2D eigenvalue weighted by molar-refractivity contribution is 0.103. The zero-order chi connectivity index (χ0) is 18.1. The van der Waals surface area contributed by atoms with Crippen LogP contribution in [0.1, 0.15) is 61.9 Å². The number of rotatable bonds is 10. The van der Waals surface area contributed by atoms with Crippen LogP contribution < -0.4 is 10.1 Å². The summed E-state index contributed by atoms with van der Waals surface area (Å²) in [7, 11) is 1.60.